The Morgan fingerprint density at radius 3 is 3.00 bits per heavy atom. The Morgan fingerprint density at radius 1 is 1.35 bits per heavy atom. The molecule has 2 aliphatic heterocycles. The van der Waals surface area contributed by atoms with E-state index in [1.54, 1.807) is 12.4 Å². The van der Waals surface area contributed by atoms with Crippen LogP contribution in [-0.2, 0) is 11.3 Å². The maximum absolute atomic E-state index is 12.5. The second-order valence-electron chi connectivity index (χ2n) is 6.31. The molecule has 7 heteroatoms. The number of nitrogens with zero attached hydrogens (tertiary/aromatic N) is 3. The number of carbonyl (C=O) groups excluding carboxylic acids is 2. The van der Waals surface area contributed by atoms with Crippen LogP contribution >= 0.6 is 0 Å². The van der Waals surface area contributed by atoms with Gasteiger partial charge in [0.1, 0.15) is 5.82 Å². The summed E-state index contributed by atoms with van der Waals surface area (Å²) in [6, 6.07) is 0.201. The molecule has 1 atom stereocenters. The standard InChI is InChI=1S/C16H25N5O2/c22-15-5-3-9-20(15)11-6-13-4-1-2-10-21(13)16(23)19-12-14-17-7-8-18-14/h7-8,13H,1-6,9-12H2,(H,17,18)(H,19,23)/t13-/m0/s1. The first-order chi connectivity index (χ1) is 11.2. The molecule has 2 aliphatic rings. The molecule has 2 saturated heterocycles. The Labute approximate surface area is 136 Å². The van der Waals surface area contributed by atoms with Crippen LogP contribution in [0.5, 0.6) is 0 Å². The summed E-state index contributed by atoms with van der Waals surface area (Å²) >= 11 is 0. The lowest BCUT2D eigenvalue weighted by Crippen LogP contribution is -2.49. The van der Waals surface area contributed by atoms with Crippen LogP contribution in [0.1, 0.15) is 44.3 Å². The highest BCUT2D eigenvalue weighted by Gasteiger charge is 2.28. The summed E-state index contributed by atoms with van der Waals surface area (Å²) in [5, 5.41) is 2.93. The lowest BCUT2D eigenvalue weighted by molar-refractivity contribution is -0.127. The maximum atomic E-state index is 12.5. The fourth-order valence-electron chi connectivity index (χ4n) is 3.47. The van der Waals surface area contributed by atoms with E-state index in [1.165, 1.54) is 0 Å². The van der Waals surface area contributed by atoms with Crippen molar-refractivity contribution in [2.24, 2.45) is 0 Å². The number of piperidine rings is 1. The first-order valence-electron chi connectivity index (χ1n) is 8.54. The molecule has 7 nitrogen and oxygen atoms in total. The number of likely N-dealkylation sites (tertiary alicyclic amines) is 2. The Balaban J connectivity index is 1.50. The van der Waals surface area contributed by atoms with Crippen molar-refractivity contribution in [2.75, 3.05) is 19.6 Å². The van der Waals surface area contributed by atoms with Gasteiger partial charge >= 0.3 is 6.03 Å². The van der Waals surface area contributed by atoms with Crippen LogP contribution in [0.15, 0.2) is 12.4 Å². The van der Waals surface area contributed by atoms with Gasteiger partial charge in [-0.05, 0) is 32.1 Å². The Morgan fingerprint density at radius 2 is 2.26 bits per heavy atom. The van der Waals surface area contributed by atoms with Gasteiger partial charge in [-0.2, -0.15) is 0 Å². The number of nitrogens with one attached hydrogen (secondary N) is 2. The molecule has 1 aromatic heterocycles. The first kappa shape index (κ1) is 15.8. The molecule has 0 radical (unpaired) electrons. The van der Waals surface area contributed by atoms with E-state index in [2.05, 4.69) is 15.3 Å². The van der Waals surface area contributed by atoms with Crippen molar-refractivity contribution in [3.05, 3.63) is 18.2 Å². The van der Waals surface area contributed by atoms with Gasteiger partial charge in [0.25, 0.3) is 0 Å². The predicted molar refractivity (Wildman–Crippen MR) is 85.6 cm³/mol. The average molecular weight is 319 g/mol. The summed E-state index contributed by atoms with van der Waals surface area (Å²) < 4.78 is 0. The molecule has 0 spiro atoms. The fourth-order valence-corrected chi connectivity index (χ4v) is 3.47. The topological polar surface area (TPSA) is 81.3 Å². The van der Waals surface area contributed by atoms with Gasteiger partial charge in [-0.3, -0.25) is 4.79 Å². The number of H-pyrrole nitrogens is 1. The molecular weight excluding hydrogens is 294 g/mol. The highest BCUT2D eigenvalue weighted by Crippen LogP contribution is 2.21. The van der Waals surface area contributed by atoms with Crippen molar-refractivity contribution >= 4 is 11.9 Å². The maximum Gasteiger partial charge on any atom is 0.318 e. The molecule has 0 unspecified atom stereocenters. The monoisotopic (exact) mass is 319 g/mol. The van der Waals surface area contributed by atoms with Crippen molar-refractivity contribution in [2.45, 2.75) is 51.1 Å². The van der Waals surface area contributed by atoms with Gasteiger partial charge in [0.15, 0.2) is 0 Å². The number of aromatic amines is 1. The highest BCUT2D eigenvalue weighted by molar-refractivity contribution is 5.78. The molecule has 3 heterocycles. The summed E-state index contributed by atoms with van der Waals surface area (Å²) in [6.45, 7) is 2.85. The van der Waals surface area contributed by atoms with Crippen molar-refractivity contribution in [1.82, 2.24) is 25.1 Å². The van der Waals surface area contributed by atoms with Gasteiger partial charge < -0.3 is 20.1 Å². The summed E-state index contributed by atoms with van der Waals surface area (Å²) in [6.07, 6.45) is 9.18. The lowest BCUT2D eigenvalue weighted by atomic mass is 9.99. The number of carbonyl (C=O) groups is 2. The molecule has 0 aliphatic carbocycles. The van der Waals surface area contributed by atoms with E-state index < -0.39 is 0 Å². The third-order valence-electron chi connectivity index (χ3n) is 4.75. The summed E-state index contributed by atoms with van der Waals surface area (Å²) in [4.78, 5) is 35.2. The van der Waals surface area contributed by atoms with Gasteiger partial charge in [0.05, 0.1) is 6.54 Å². The van der Waals surface area contributed by atoms with E-state index in [1.807, 2.05) is 9.80 Å². The summed E-state index contributed by atoms with van der Waals surface area (Å²) in [7, 11) is 0. The Hall–Kier alpha value is -2.05. The third kappa shape index (κ3) is 4.03. The molecule has 0 bridgehead atoms. The van der Waals surface area contributed by atoms with Crippen molar-refractivity contribution in [3.63, 3.8) is 0 Å². The van der Waals surface area contributed by atoms with Gasteiger partial charge in [0.2, 0.25) is 5.91 Å². The van der Waals surface area contributed by atoms with Crippen LogP contribution in [0.25, 0.3) is 0 Å². The summed E-state index contributed by atoms with van der Waals surface area (Å²) in [5.74, 6) is 1.02. The van der Waals surface area contributed by atoms with Crippen LogP contribution in [0, 0.1) is 0 Å². The first-order valence-corrected chi connectivity index (χ1v) is 8.54. The van der Waals surface area contributed by atoms with E-state index >= 15 is 0 Å². The normalized spacial score (nSPS) is 21.7. The van der Waals surface area contributed by atoms with Crippen LogP contribution in [0.2, 0.25) is 0 Å². The minimum absolute atomic E-state index is 0.0288. The molecular formula is C16H25N5O2. The largest absolute Gasteiger partial charge is 0.347 e. The van der Waals surface area contributed by atoms with Crippen molar-refractivity contribution in [3.8, 4) is 0 Å². The smallest absolute Gasteiger partial charge is 0.318 e. The third-order valence-corrected chi connectivity index (χ3v) is 4.75. The number of hydrogen-bond acceptors (Lipinski definition) is 3. The number of amides is 3. The highest BCUT2D eigenvalue weighted by atomic mass is 16.2. The van der Waals surface area contributed by atoms with Gasteiger partial charge in [-0.25, -0.2) is 9.78 Å². The van der Waals surface area contributed by atoms with Crippen LogP contribution in [0.4, 0.5) is 4.79 Å². The van der Waals surface area contributed by atoms with E-state index in [4.69, 9.17) is 0 Å². The number of rotatable bonds is 5. The molecule has 0 aromatic carbocycles. The minimum atomic E-state index is -0.0288. The van der Waals surface area contributed by atoms with Gasteiger partial charge in [0, 0.05) is 44.5 Å². The number of imidazole rings is 1. The zero-order valence-electron chi connectivity index (χ0n) is 13.5. The van der Waals surface area contributed by atoms with Gasteiger partial charge in [-0.1, -0.05) is 0 Å². The summed E-state index contributed by atoms with van der Waals surface area (Å²) in [5.41, 5.74) is 0. The van der Waals surface area contributed by atoms with E-state index in [0.717, 1.165) is 57.6 Å². The Bertz CT molecular complexity index is 531. The zero-order valence-corrected chi connectivity index (χ0v) is 13.5. The van der Waals surface area contributed by atoms with Crippen LogP contribution in [-0.4, -0.2) is 57.4 Å². The fraction of sp³-hybridized carbons (Fsp3) is 0.688. The molecule has 1 aromatic rings. The molecule has 0 saturated carbocycles. The van der Waals surface area contributed by atoms with Crippen molar-refractivity contribution in [1.29, 1.82) is 0 Å². The zero-order chi connectivity index (χ0) is 16.1. The van der Waals surface area contributed by atoms with E-state index in [-0.39, 0.29) is 18.0 Å². The molecule has 23 heavy (non-hydrogen) atoms. The van der Waals surface area contributed by atoms with Crippen LogP contribution < -0.4 is 5.32 Å². The minimum Gasteiger partial charge on any atom is -0.347 e. The average Bonchev–Trinajstić information content (AvgIpc) is 3.22. The lowest BCUT2D eigenvalue weighted by Gasteiger charge is -2.36. The predicted octanol–water partition coefficient (Wildman–Crippen LogP) is 1.49. The number of urea groups is 1. The van der Waals surface area contributed by atoms with E-state index in [0.29, 0.717) is 13.0 Å². The molecule has 126 valence electrons. The van der Waals surface area contributed by atoms with E-state index in [9.17, 15) is 9.59 Å². The second-order valence-corrected chi connectivity index (χ2v) is 6.31. The second kappa shape index (κ2) is 7.48. The molecule has 3 rings (SSSR count). The van der Waals surface area contributed by atoms with Crippen molar-refractivity contribution < 1.29 is 9.59 Å². The number of aromatic nitrogens is 2. The Kier molecular flexibility index (Phi) is 5.15. The SMILES string of the molecule is O=C1CCCN1CC[C@@H]1CCCCN1C(=O)NCc1ncc[nH]1. The number of hydrogen-bond donors (Lipinski definition) is 2. The van der Waals surface area contributed by atoms with Crippen LogP contribution in [0.3, 0.4) is 0 Å². The quantitative estimate of drug-likeness (QED) is 0.862. The van der Waals surface area contributed by atoms with Gasteiger partial charge in [-0.15, -0.1) is 0 Å². The molecule has 2 N–H and O–H groups in total. The molecule has 3 amide bonds. The molecule has 2 fully saturated rings.